The second-order valence-electron chi connectivity index (χ2n) is 4.22. The normalized spacial score (nSPS) is 10.3. The molecule has 0 atom stereocenters. The van der Waals surface area contributed by atoms with Crippen LogP contribution in [-0.2, 0) is 6.42 Å². The third kappa shape index (κ3) is 3.14. The fraction of sp³-hybridized carbons (Fsp3) is 0.214. The Morgan fingerprint density at radius 2 is 2.00 bits per heavy atom. The van der Waals surface area contributed by atoms with Gasteiger partial charge in [-0.05, 0) is 48.7 Å². The number of aryl methyl sites for hydroxylation is 1. The van der Waals surface area contributed by atoms with E-state index in [-0.39, 0.29) is 0 Å². The maximum atomic E-state index is 6.00. The van der Waals surface area contributed by atoms with Gasteiger partial charge in [0.25, 0.3) is 0 Å². The van der Waals surface area contributed by atoms with Crippen LogP contribution in [-0.4, -0.2) is 11.5 Å². The molecule has 0 saturated heterocycles. The lowest BCUT2D eigenvalue weighted by molar-refractivity contribution is 1.01. The van der Waals surface area contributed by atoms with Crippen LogP contribution in [0.2, 0.25) is 5.02 Å². The van der Waals surface area contributed by atoms with Gasteiger partial charge in [0.2, 0.25) is 0 Å². The number of benzene rings is 1. The zero-order valence-electron chi connectivity index (χ0n) is 10.3. The predicted molar refractivity (Wildman–Crippen MR) is 77.0 cm³/mol. The number of halogens is 1. The summed E-state index contributed by atoms with van der Waals surface area (Å²) in [5.41, 5.74) is 9.81. The lowest BCUT2D eigenvalue weighted by atomic mass is 10.1. The highest BCUT2D eigenvalue weighted by Gasteiger charge is 2.03. The summed E-state index contributed by atoms with van der Waals surface area (Å²) in [4.78, 5) is 3.99. The molecule has 2 aromatic rings. The molecule has 0 bridgehead atoms. The van der Waals surface area contributed by atoms with Crippen molar-refractivity contribution in [2.45, 2.75) is 13.3 Å². The molecular formula is C14H16ClN3. The Kier molecular flexibility index (Phi) is 4.05. The first-order valence-electron chi connectivity index (χ1n) is 5.85. The molecule has 1 heterocycles. The fourth-order valence-electron chi connectivity index (χ4n) is 1.74. The van der Waals surface area contributed by atoms with Crippen molar-refractivity contribution in [3.63, 3.8) is 0 Å². The van der Waals surface area contributed by atoms with E-state index < -0.39 is 0 Å². The Labute approximate surface area is 112 Å². The molecule has 0 spiro atoms. The first kappa shape index (κ1) is 12.7. The highest BCUT2D eigenvalue weighted by Crippen LogP contribution is 2.26. The molecule has 0 saturated carbocycles. The van der Waals surface area contributed by atoms with Crippen molar-refractivity contribution in [1.82, 2.24) is 4.98 Å². The SMILES string of the molecule is Cc1cc(NCCc2ccncc2)c(N)cc1Cl. The highest BCUT2D eigenvalue weighted by atomic mass is 35.5. The number of pyridine rings is 1. The summed E-state index contributed by atoms with van der Waals surface area (Å²) >= 11 is 6.00. The summed E-state index contributed by atoms with van der Waals surface area (Å²) in [6.45, 7) is 2.80. The number of nitrogen functional groups attached to an aromatic ring is 1. The monoisotopic (exact) mass is 261 g/mol. The maximum absolute atomic E-state index is 6.00. The van der Waals surface area contributed by atoms with Crippen molar-refractivity contribution in [2.24, 2.45) is 0 Å². The summed E-state index contributed by atoms with van der Waals surface area (Å²) in [5, 5.41) is 4.03. The summed E-state index contributed by atoms with van der Waals surface area (Å²) in [6, 6.07) is 7.78. The van der Waals surface area contributed by atoms with Gasteiger partial charge in [-0.25, -0.2) is 0 Å². The number of hydrogen-bond donors (Lipinski definition) is 2. The van der Waals surface area contributed by atoms with Crippen LogP contribution in [0.5, 0.6) is 0 Å². The molecule has 18 heavy (non-hydrogen) atoms. The highest BCUT2D eigenvalue weighted by molar-refractivity contribution is 6.31. The number of anilines is 2. The molecule has 3 nitrogen and oxygen atoms in total. The zero-order chi connectivity index (χ0) is 13.0. The Morgan fingerprint density at radius 3 is 2.72 bits per heavy atom. The van der Waals surface area contributed by atoms with Gasteiger partial charge in [-0.15, -0.1) is 0 Å². The summed E-state index contributed by atoms with van der Waals surface area (Å²) < 4.78 is 0. The van der Waals surface area contributed by atoms with Gasteiger partial charge >= 0.3 is 0 Å². The van der Waals surface area contributed by atoms with E-state index in [1.165, 1.54) is 5.56 Å². The Balaban J connectivity index is 1.97. The molecular weight excluding hydrogens is 246 g/mol. The van der Waals surface area contributed by atoms with E-state index >= 15 is 0 Å². The van der Waals surface area contributed by atoms with Gasteiger partial charge in [-0.3, -0.25) is 4.98 Å². The standard InChI is InChI=1S/C14H16ClN3/c1-10-8-14(13(16)9-12(10)15)18-7-4-11-2-5-17-6-3-11/h2-3,5-6,8-9,18H,4,7,16H2,1H3. The number of nitrogens with zero attached hydrogens (tertiary/aromatic N) is 1. The number of aromatic nitrogens is 1. The van der Waals surface area contributed by atoms with E-state index in [0.29, 0.717) is 10.7 Å². The van der Waals surface area contributed by atoms with Crippen LogP contribution in [0.3, 0.4) is 0 Å². The molecule has 0 amide bonds. The Morgan fingerprint density at radius 1 is 1.28 bits per heavy atom. The average molecular weight is 262 g/mol. The minimum Gasteiger partial charge on any atom is -0.397 e. The predicted octanol–water partition coefficient (Wildman–Crippen LogP) is 3.28. The van der Waals surface area contributed by atoms with Gasteiger partial charge in [0.1, 0.15) is 0 Å². The number of hydrogen-bond acceptors (Lipinski definition) is 3. The van der Waals surface area contributed by atoms with E-state index in [0.717, 1.165) is 24.2 Å². The number of nitrogens with two attached hydrogens (primary N) is 1. The Hall–Kier alpha value is -1.74. The molecule has 0 aliphatic carbocycles. The molecule has 0 radical (unpaired) electrons. The van der Waals surface area contributed by atoms with Crippen LogP contribution in [0, 0.1) is 6.92 Å². The van der Waals surface area contributed by atoms with Crippen LogP contribution in [0.1, 0.15) is 11.1 Å². The third-order valence-electron chi connectivity index (χ3n) is 2.81. The molecule has 94 valence electrons. The smallest absolute Gasteiger partial charge is 0.0577 e. The van der Waals surface area contributed by atoms with Crippen LogP contribution in [0.25, 0.3) is 0 Å². The van der Waals surface area contributed by atoms with E-state index in [1.807, 2.05) is 25.1 Å². The molecule has 1 aromatic carbocycles. The molecule has 3 N–H and O–H groups in total. The van der Waals surface area contributed by atoms with Crippen molar-refractivity contribution in [2.75, 3.05) is 17.6 Å². The second kappa shape index (κ2) is 5.74. The topological polar surface area (TPSA) is 50.9 Å². The van der Waals surface area contributed by atoms with Gasteiger partial charge < -0.3 is 11.1 Å². The Bertz CT molecular complexity index is 526. The summed E-state index contributed by atoms with van der Waals surface area (Å²) in [5.74, 6) is 0. The van der Waals surface area contributed by atoms with E-state index in [1.54, 1.807) is 18.5 Å². The first-order valence-corrected chi connectivity index (χ1v) is 6.23. The lowest BCUT2D eigenvalue weighted by Gasteiger charge is -2.11. The van der Waals surface area contributed by atoms with Crippen molar-refractivity contribution >= 4 is 23.0 Å². The molecule has 2 rings (SSSR count). The minimum atomic E-state index is 0.681. The van der Waals surface area contributed by atoms with Crippen molar-refractivity contribution < 1.29 is 0 Å². The van der Waals surface area contributed by atoms with Crippen LogP contribution in [0.15, 0.2) is 36.7 Å². The quantitative estimate of drug-likeness (QED) is 0.831. The lowest BCUT2D eigenvalue weighted by Crippen LogP contribution is -2.07. The van der Waals surface area contributed by atoms with Gasteiger partial charge in [-0.1, -0.05) is 11.6 Å². The molecule has 0 unspecified atom stereocenters. The minimum absolute atomic E-state index is 0.681. The van der Waals surface area contributed by atoms with Crippen LogP contribution in [0.4, 0.5) is 11.4 Å². The van der Waals surface area contributed by atoms with E-state index in [2.05, 4.69) is 10.3 Å². The fourth-order valence-corrected chi connectivity index (χ4v) is 1.91. The third-order valence-corrected chi connectivity index (χ3v) is 3.22. The molecule has 0 aliphatic heterocycles. The van der Waals surface area contributed by atoms with Gasteiger partial charge in [0, 0.05) is 24.0 Å². The van der Waals surface area contributed by atoms with Crippen LogP contribution < -0.4 is 11.1 Å². The molecule has 0 aliphatic rings. The largest absolute Gasteiger partial charge is 0.397 e. The zero-order valence-corrected chi connectivity index (χ0v) is 11.0. The molecule has 4 heteroatoms. The maximum Gasteiger partial charge on any atom is 0.0577 e. The summed E-state index contributed by atoms with van der Waals surface area (Å²) in [6.07, 6.45) is 4.54. The second-order valence-corrected chi connectivity index (χ2v) is 4.63. The van der Waals surface area contributed by atoms with Crippen LogP contribution >= 0.6 is 11.6 Å². The van der Waals surface area contributed by atoms with Gasteiger partial charge in [0.15, 0.2) is 0 Å². The average Bonchev–Trinajstić information content (AvgIpc) is 2.37. The first-order chi connectivity index (χ1) is 8.66. The van der Waals surface area contributed by atoms with E-state index in [9.17, 15) is 0 Å². The van der Waals surface area contributed by atoms with E-state index in [4.69, 9.17) is 17.3 Å². The molecule has 0 fully saturated rings. The van der Waals surface area contributed by atoms with Gasteiger partial charge in [-0.2, -0.15) is 0 Å². The number of rotatable bonds is 4. The van der Waals surface area contributed by atoms with Crippen molar-refractivity contribution in [3.8, 4) is 0 Å². The van der Waals surface area contributed by atoms with Gasteiger partial charge in [0.05, 0.1) is 11.4 Å². The van der Waals surface area contributed by atoms with Crippen molar-refractivity contribution in [1.29, 1.82) is 0 Å². The molecule has 1 aromatic heterocycles. The van der Waals surface area contributed by atoms with Crippen molar-refractivity contribution in [3.05, 3.63) is 52.8 Å². The number of nitrogens with one attached hydrogen (secondary N) is 1. The summed E-state index contributed by atoms with van der Waals surface area (Å²) in [7, 11) is 0.